The molecule has 20 heavy (non-hydrogen) atoms. The summed E-state index contributed by atoms with van der Waals surface area (Å²) in [4.78, 5) is 0. The van der Waals surface area contributed by atoms with E-state index in [9.17, 15) is 0 Å². The molecule has 2 N–H and O–H groups in total. The Kier molecular flexibility index (Phi) is 3.62. The number of rotatable bonds is 2. The summed E-state index contributed by atoms with van der Waals surface area (Å²) in [5.41, 5.74) is 9.63. The normalized spacial score (nSPS) is 28.0. The quantitative estimate of drug-likeness (QED) is 0.876. The zero-order chi connectivity index (χ0) is 14.4. The molecule has 2 nitrogen and oxygen atoms in total. The van der Waals surface area contributed by atoms with Crippen molar-refractivity contribution in [3.05, 3.63) is 27.7 Å². The van der Waals surface area contributed by atoms with Crippen LogP contribution in [-0.2, 0) is 12.8 Å². The van der Waals surface area contributed by atoms with Crippen molar-refractivity contribution in [1.29, 1.82) is 0 Å². The van der Waals surface area contributed by atoms with Crippen molar-refractivity contribution in [1.82, 2.24) is 0 Å². The minimum Gasteiger partial charge on any atom is -0.493 e. The topological polar surface area (TPSA) is 35.2 Å². The lowest BCUT2D eigenvalue weighted by molar-refractivity contribution is 0.150. The van der Waals surface area contributed by atoms with Crippen molar-refractivity contribution < 1.29 is 4.74 Å². The SMILES string of the molecule is CC1(C)CCCC(N)(Cc2cc(Br)cc3c2OCC3)C1. The van der Waals surface area contributed by atoms with Crippen molar-refractivity contribution in [2.45, 2.75) is 57.9 Å². The second kappa shape index (κ2) is 5.03. The van der Waals surface area contributed by atoms with E-state index in [-0.39, 0.29) is 5.54 Å². The Morgan fingerprint density at radius 1 is 1.30 bits per heavy atom. The lowest BCUT2D eigenvalue weighted by Gasteiger charge is -2.43. The summed E-state index contributed by atoms with van der Waals surface area (Å²) in [7, 11) is 0. The Balaban J connectivity index is 1.88. The third kappa shape index (κ3) is 2.89. The van der Waals surface area contributed by atoms with Gasteiger partial charge in [-0.1, -0.05) is 36.2 Å². The maximum Gasteiger partial charge on any atom is 0.125 e. The minimum absolute atomic E-state index is 0.0811. The summed E-state index contributed by atoms with van der Waals surface area (Å²) in [6, 6.07) is 4.38. The summed E-state index contributed by atoms with van der Waals surface area (Å²) in [6.45, 7) is 5.49. The molecule has 0 radical (unpaired) electrons. The van der Waals surface area contributed by atoms with E-state index in [1.165, 1.54) is 24.0 Å². The van der Waals surface area contributed by atoms with Crippen molar-refractivity contribution in [3.63, 3.8) is 0 Å². The molecular weight excluding hydrogens is 314 g/mol. The van der Waals surface area contributed by atoms with E-state index in [1.54, 1.807) is 0 Å². The van der Waals surface area contributed by atoms with Gasteiger partial charge in [0, 0.05) is 16.4 Å². The number of ether oxygens (including phenoxy) is 1. The first-order valence-corrected chi connectivity index (χ1v) is 8.39. The molecule has 1 unspecified atom stereocenters. The molecule has 3 heteroatoms. The molecule has 1 aliphatic heterocycles. The van der Waals surface area contributed by atoms with Crippen molar-refractivity contribution in [2.75, 3.05) is 6.61 Å². The standard InChI is InChI=1S/C17H24BrNO/c1-16(2)5-3-6-17(19,11-16)10-13-9-14(18)8-12-4-7-20-15(12)13/h8-9H,3-7,10-11,19H2,1-2H3. The zero-order valence-electron chi connectivity index (χ0n) is 12.5. The van der Waals surface area contributed by atoms with Crippen LogP contribution in [0.4, 0.5) is 0 Å². The van der Waals surface area contributed by atoms with E-state index in [0.717, 1.165) is 42.5 Å². The largest absolute Gasteiger partial charge is 0.493 e. The molecule has 3 rings (SSSR count). The van der Waals surface area contributed by atoms with Crippen LogP contribution in [0, 0.1) is 5.41 Å². The second-order valence-electron chi connectivity index (χ2n) is 7.39. The molecule has 1 fully saturated rings. The highest BCUT2D eigenvalue weighted by atomic mass is 79.9. The number of hydrogen-bond donors (Lipinski definition) is 1. The molecule has 1 aromatic rings. The average molecular weight is 338 g/mol. The fourth-order valence-electron chi connectivity index (χ4n) is 4.06. The molecule has 1 aromatic carbocycles. The van der Waals surface area contributed by atoms with Gasteiger partial charge in [-0.15, -0.1) is 0 Å². The Labute approximate surface area is 130 Å². The first kappa shape index (κ1) is 14.4. The summed E-state index contributed by atoms with van der Waals surface area (Å²) in [5.74, 6) is 1.10. The summed E-state index contributed by atoms with van der Waals surface area (Å²) < 4.78 is 7.00. The summed E-state index contributed by atoms with van der Waals surface area (Å²) in [6.07, 6.45) is 6.70. The van der Waals surface area contributed by atoms with E-state index in [1.807, 2.05) is 0 Å². The second-order valence-corrected chi connectivity index (χ2v) is 8.30. The minimum atomic E-state index is -0.0811. The molecule has 110 valence electrons. The van der Waals surface area contributed by atoms with Gasteiger partial charge in [0.05, 0.1) is 6.61 Å². The summed E-state index contributed by atoms with van der Waals surface area (Å²) >= 11 is 3.62. The van der Waals surface area contributed by atoms with E-state index < -0.39 is 0 Å². The molecule has 1 heterocycles. The van der Waals surface area contributed by atoms with Crippen LogP contribution in [-0.4, -0.2) is 12.1 Å². The van der Waals surface area contributed by atoms with Crippen LogP contribution in [0.3, 0.4) is 0 Å². The van der Waals surface area contributed by atoms with Gasteiger partial charge in [-0.2, -0.15) is 0 Å². The first-order chi connectivity index (χ1) is 9.37. The van der Waals surface area contributed by atoms with Gasteiger partial charge in [0.2, 0.25) is 0 Å². The molecule has 1 saturated carbocycles. The van der Waals surface area contributed by atoms with Gasteiger partial charge in [-0.05, 0) is 54.4 Å². The van der Waals surface area contributed by atoms with Gasteiger partial charge >= 0.3 is 0 Å². The fourth-order valence-corrected chi connectivity index (χ4v) is 4.61. The lowest BCUT2D eigenvalue weighted by Crippen LogP contribution is -2.48. The predicted octanol–water partition coefficient (Wildman–Crippen LogP) is 4.22. The third-order valence-corrected chi connectivity index (χ3v) is 5.18. The number of nitrogens with two attached hydrogens (primary N) is 1. The highest BCUT2D eigenvalue weighted by molar-refractivity contribution is 9.10. The molecule has 1 atom stereocenters. The maximum absolute atomic E-state index is 6.74. The van der Waals surface area contributed by atoms with Crippen molar-refractivity contribution in [3.8, 4) is 5.75 Å². The van der Waals surface area contributed by atoms with E-state index >= 15 is 0 Å². The Bertz CT molecular complexity index is 526. The molecule has 1 aliphatic carbocycles. The van der Waals surface area contributed by atoms with E-state index in [2.05, 4.69) is 41.9 Å². The molecule has 0 saturated heterocycles. The highest BCUT2D eigenvalue weighted by Gasteiger charge is 2.38. The van der Waals surface area contributed by atoms with Crippen LogP contribution in [0.15, 0.2) is 16.6 Å². The molecule has 0 amide bonds. The Hall–Kier alpha value is -0.540. The van der Waals surface area contributed by atoms with Gasteiger partial charge in [0.25, 0.3) is 0 Å². The average Bonchev–Trinajstić information content (AvgIpc) is 2.74. The van der Waals surface area contributed by atoms with Crippen LogP contribution in [0.25, 0.3) is 0 Å². The monoisotopic (exact) mass is 337 g/mol. The van der Waals surface area contributed by atoms with Crippen LogP contribution >= 0.6 is 15.9 Å². The number of halogens is 1. The molecule has 2 aliphatic rings. The first-order valence-electron chi connectivity index (χ1n) is 7.60. The molecule has 0 aromatic heterocycles. The van der Waals surface area contributed by atoms with Gasteiger partial charge < -0.3 is 10.5 Å². The number of hydrogen-bond acceptors (Lipinski definition) is 2. The van der Waals surface area contributed by atoms with Gasteiger partial charge in [0.15, 0.2) is 0 Å². The number of benzene rings is 1. The maximum atomic E-state index is 6.74. The van der Waals surface area contributed by atoms with Crippen LogP contribution in [0.5, 0.6) is 5.75 Å². The number of fused-ring (bicyclic) bond motifs is 1. The summed E-state index contributed by atoms with van der Waals surface area (Å²) in [5, 5.41) is 0. The van der Waals surface area contributed by atoms with Crippen molar-refractivity contribution in [2.24, 2.45) is 11.1 Å². The van der Waals surface area contributed by atoms with Gasteiger partial charge in [-0.3, -0.25) is 0 Å². The predicted molar refractivity (Wildman–Crippen MR) is 86.2 cm³/mol. The third-order valence-electron chi connectivity index (χ3n) is 4.73. The van der Waals surface area contributed by atoms with E-state index in [4.69, 9.17) is 10.5 Å². The van der Waals surface area contributed by atoms with Crippen LogP contribution < -0.4 is 10.5 Å². The van der Waals surface area contributed by atoms with Gasteiger partial charge in [0.1, 0.15) is 5.75 Å². The van der Waals surface area contributed by atoms with Crippen LogP contribution in [0.2, 0.25) is 0 Å². The fraction of sp³-hybridized carbons (Fsp3) is 0.647. The van der Waals surface area contributed by atoms with Gasteiger partial charge in [-0.25, -0.2) is 0 Å². The Morgan fingerprint density at radius 3 is 2.85 bits per heavy atom. The van der Waals surface area contributed by atoms with E-state index in [0.29, 0.717) is 5.41 Å². The smallest absolute Gasteiger partial charge is 0.125 e. The molecular formula is C17H24BrNO. The molecule has 0 bridgehead atoms. The zero-order valence-corrected chi connectivity index (χ0v) is 14.1. The molecule has 0 spiro atoms. The lowest BCUT2D eigenvalue weighted by atomic mass is 9.66. The van der Waals surface area contributed by atoms with Crippen LogP contribution in [0.1, 0.15) is 50.7 Å². The van der Waals surface area contributed by atoms with Crippen molar-refractivity contribution >= 4 is 15.9 Å². The highest BCUT2D eigenvalue weighted by Crippen LogP contribution is 2.43. The Morgan fingerprint density at radius 2 is 2.10 bits per heavy atom.